The molecule has 0 radical (unpaired) electrons. The van der Waals surface area contributed by atoms with Crippen LogP contribution in [0.1, 0.15) is 12.2 Å². The van der Waals surface area contributed by atoms with Crippen LogP contribution in [0.4, 0.5) is 0 Å². The number of fused-ring (bicyclic) bond motifs is 1. The summed E-state index contributed by atoms with van der Waals surface area (Å²) in [6.07, 6.45) is 4.65. The molecule has 18 heavy (non-hydrogen) atoms. The number of hydrogen-bond donors (Lipinski definition) is 0. The van der Waals surface area contributed by atoms with Gasteiger partial charge in [0.2, 0.25) is 5.88 Å². The number of methoxy groups -OCH3 is 1. The van der Waals surface area contributed by atoms with E-state index in [-0.39, 0.29) is 0 Å². The molecule has 0 aliphatic rings. The van der Waals surface area contributed by atoms with Gasteiger partial charge in [-0.25, -0.2) is 9.97 Å². The van der Waals surface area contributed by atoms with Gasteiger partial charge in [-0.2, -0.15) is 16.7 Å². The van der Waals surface area contributed by atoms with Gasteiger partial charge < -0.3 is 9.30 Å². The SMILES string of the molecule is COc1ncnc2c1nc(CCl)n2CCCSC. The molecule has 2 rings (SSSR count). The molecule has 2 aromatic rings. The van der Waals surface area contributed by atoms with Crippen LogP contribution in [-0.4, -0.2) is 38.6 Å². The van der Waals surface area contributed by atoms with Crippen molar-refractivity contribution in [3.05, 3.63) is 12.2 Å². The number of aryl methyl sites for hydroxylation is 1. The lowest BCUT2D eigenvalue weighted by molar-refractivity contribution is 0.401. The zero-order valence-electron chi connectivity index (χ0n) is 10.4. The lowest BCUT2D eigenvalue weighted by atomic mass is 10.4. The quantitative estimate of drug-likeness (QED) is 0.602. The Bertz CT molecular complexity index is 531. The van der Waals surface area contributed by atoms with Gasteiger partial charge in [0.15, 0.2) is 11.2 Å². The van der Waals surface area contributed by atoms with Crippen molar-refractivity contribution >= 4 is 34.5 Å². The highest BCUT2D eigenvalue weighted by molar-refractivity contribution is 7.98. The number of halogens is 1. The minimum atomic E-state index is 0.360. The van der Waals surface area contributed by atoms with Gasteiger partial charge in [0.05, 0.1) is 13.0 Å². The van der Waals surface area contributed by atoms with Gasteiger partial charge in [-0.1, -0.05) is 0 Å². The maximum atomic E-state index is 5.93. The van der Waals surface area contributed by atoms with Crippen molar-refractivity contribution in [2.24, 2.45) is 0 Å². The smallest absolute Gasteiger partial charge is 0.245 e. The fourth-order valence-corrected chi connectivity index (χ4v) is 2.44. The van der Waals surface area contributed by atoms with E-state index in [4.69, 9.17) is 16.3 Å². The largest absolute Gasteiger partial charge is 0.479 e. The third-order valence-corrected chi connectivity index (χ3v) is 3.56. The summed E-state index contributed by atoms with van der Waals surface area (Å²) in [6.45, 7) is 0.861. The summed E-state index contributed by atoms with van der Waals surface area (Å²) < 4.78 is 7.24. The molecule has 0 N–H and O–H groups in total. The lowest BCUT2D eigenvalue weighted by Gasteiger charge is -2.06. The number of nitrogens with zero attached hydrogens (tertiary/aromatic N) is 4. The van der Waals surface area contributed by atoms with Gasteiger partial charge in [-0.3, -0.25) is 0 Å². The van der Waals surface area contributed by atoms with Crippen LogP contribution >= 0.6 is 23.4 Å². The first-order valence-electron chi connectivity index (χ1n) is 5.60. The second kappa shape index (κ2) is 6.24. The van der Waals surface area contributed by atoms with E-state index in [1.54, 1.807) is 7.11 Å². The molecule has 0 amide bonds. The van der Waals surface area contributed by atoms with Crippen molar-refractivity contribution in [3.63, 3.8) is 0 Å². The molecule has 0 spiro atoms. The normalized spacial score (nSPS) is 11.1. The van der Waals surface area contributed by atoms with Gasteiger partial charge >= 0.3 is 0 Å². The molecule has 2 heterocycles. The number of hydrogen-bond acceptors (Lipinski definition) is 5. The average molecular weight is 287 g/mol. The lowest BCUT2D eigenvalue weighted by Crippen LogP contribution is -2.04. The van der Waals surface area contributed by atoms with Gasteiger partial charge in [0.25, 0.3) is 0 Å². The fourth-order valence-electron chi connectivity index (χ4n) is 1.81. The number of thioether (sulfide) groups is 1. The standard InChI is InChI=1S/C11H15ClN4OS/c1-17-11-9-10(13-7-14-11)16(4-3-5-18-2)8(6-12)15-9/h7H,3-6H2,1-2H3. The monoisotopic (exact) mass is 286 g/mol. The van der Waals surface area contributed by atoms with E-state index in [1.165, 1.54) is 6.33 Å². The summed E-state index contributed by atoms with van der Waals surface area (Å²) in [4.78, 5) is 12.8. The van der Waals surface area contributed by atoms with Gasteiger partial charge in [-0.15, -0.1) is 11.6 Å². The van der Waals surface area contributed by atoms with E-state index in [9.17, 15) is 0 Å². The van der Waals surface area contributed by atoms with Crippen LogP contribution in [-0.2, 0) is 12.4 Å². The molecule has 5 nitrogen and oxygen atoms in total. The van der Waals surface area contributed by atoms with Crippen molar-refractivity contribution in [1.82, 2.24) is 19.5 Å². The van der Waals surface area contributed by atoms with E-state index in [0.29, 0.717) is 17.3 Å². The molecule has 0 aliphatic carbocycles. The minimum Gasteiger partial charge on any atom is -0.479 e. The second-order valence-electron chi connectivity index (χ2n) is 3.71. The molecule has 2 aromatic heterocycles. The molecule has 0 saturated carbocycles. The molecule has 0 aliphatic heterocycles. The summed E-state index contributed by atoms with van der Waals surface area (Å²) >= 11 is 7.76. The highest BCUT2D eigenvalue weighted by Gasteiger charge is 2.15. The first-order chi connectivity index (χ1) is 8.81. The third kappa shape index (κ3) is 2.54. The molecule has 0 saturated heterocycles. The predicted molar refractivity (Wildman–Crippen MR) is 74.4 cm³/mol. The Hall–Kier alpha value is -1.01. The molecule has 7 heteroatoms. The number of alkyl halides is 1. The van der Waals surface area contributed by atoms with Crippen LogP contribution in [0.2, 0.25) is 0 Å². The highest BCUT2D eigenvalue weighted by atomic mass is 35.5. The van der Waals surface area contributed by atoms with E-state index in [2.05, 4.69) is 21.2 Å². The molecule has 98 valence electrons. The molecule has 0 atom stereocenters. The van der Waals surface area contributed by atoms with E-state index in [0.717, 1.165) is 30.2 Å². The Morgan fingerprint density at radius 3 is 2.94 bits per heavy atom. The summed E-state index contributed by atoms with van der Waals surface area (Å²) in [5, 5.41) is 0. The number of aromatic nitrogens is 4. The predicted octanol–water partition coefficient (Wildman–Crippen LogP) is 2.33. The molecule has 0 bridgehead atoms. The molecule has 0 unspecified atom stereocenters. The zero-order chi connectivity index (χ0) is 13.0. The van der Waals surface area contributed by atoms with Crippen molar-refractivity contribution in [2.75, 3.05) is 19.1 Å². The van der Waals surface area contributed by atoms with Crippen molar-refractivity contribution in [3.8, 4) is 5.88 Å². The van der Waals surface area contributed by atoms with Crippen molar-refractivity contribution < 1.29 is 4.74 Å². The van der Waals surface area contributed by atoms with Gasteiger partial charge in [-0.05, 0) is 18.4 Å². The number of rotatable bonds is 6. The summed E-state index contributed by atoms with van der Waals surface area (Å²) in [6, 6.07) is 0. The molecule has 0 aromatic carbocycles. The third-order valence-electron chi connectivity index (χ3n) is 2.62. The molecule has 0 fully saturated rings. The number of ether oxygens (including phenoxy) is 1. The summed E-state index contributed by atoms with van der Waals surface area (Å²) in [5.41, 5.74) is 1.47. The first-order valence-corrected chi connectivity index (χ1v) is 7.53. The number of imidazole rings is 1. The maximum absolute atomic E-state index is 5.93. The Kier molecular flexibility index (Phi) is 4.66. The second-order valence-corrected chi connectivity index (χ2v) is 4.97. The Labute approximate surface area is 115 Å². The van der Waals surface area contributed by atoms with E-state index < -0.39 is 0 Å². The van der Waals surface area contributed by atoms with Crippen LogP contribution < -0.4 is 4.74 Å². The Balaban J connectivity index is 2.42. The maximum Gasteiger partial charge on any atom is 0.245 e. The van der Waals surface area contributed by atoms with Gasteiger partial charge in [0.1, 0.15) is 12.2 Å². The summed E-state index contributed by atoms with van der Waals surface area (Å²) in [7, 11) is 1.58. The fraction of sp³-hybridized carbons (Fsp3) is 0.545. The Morgan fingerprint density at radius 2 is 2.28 bits per heavy atom. The topological polar surface area (TPSA) is 52.8 Å². The highest BCUT2D eigenvalue weighted by Crippen LogP contribution is 2.22. The van der Waals surface area contributed by atoms with Crippen LogP contribution in [0, 0.1) is 0 Å². The molecular weight excluding hydrogens is 272 g/mol. The zero-order valence-corrected chi connectivity index (χ0v) is 12.0. The van der Waals surface area contributed by atoms with Crippen LogP contribution in [0.25, 0.3) is 11.2 Å². The summed E-state index contributed by atoms with van der Waals surface area (Å²) in [5.74, 6) is 2.77. The molecular formula is C11H15ClN4OS. The first kappa shape index (κ1) is 13.4. The van der Waals surface area contributed by atoms with Gasteiger partial charge in [0, 0.05) is 6.54 Å². The van der Waals surface area contributed by atoms with Crippen LogP contribution in [0.5, 0.6) is 5.88 Å². The average Bonchev–Trinajstić information content (AvgIpc) is 2.77. The van der Waals surface area contributed by atoms with E-state index >= 15 is 0 Å². The minimum absolute atomic E-state index is 0.360. The van der Waals surface area contributed by atoms with Crippen LogP contribution in [0.15, 0.2) is 6.33 Å². The van der Waals surface area contributed by atoms with E-state index in [1.807, 2.05) is 16.3 Å². The van der Waals surface area contributed by atoms with Crippen LogP contribution in [0.3, 0.4) is 0 Å². The van der Waals surface area contributed by atoms with Crippen molar-refractivity contribution in [1.29, 1.82) is 0 Å². The Morgan fingerprint density at radius 1 is 1.44 bits per heavy atom. The van der Waals surface area contributed by atoms with Crippen molar-refractivity contribution in [2.45, 2.75) is 18.8 Å².